The molecule has 0 aliphatic carbocycles. The lowest BCUT2D eigenvalue weighted by molar-refractivity contribution is 1.09. The van der Waals surface area contributed by atoms with Crippen molar-refractivity contribution in [2.45, 2.75) is 20.8 Å². The summed E-state index contributed by atoms with van der Waals surface area (Å²) in [4.78, 5) is 2.30. The Morgan fingerprint density at radius 2 is 0.946 bits per heavy atom. The Morgan fingerprint density at radius 3 is 1.41 bits per heavy atom. The number of hydrazone groups is 1. The maximum Gasteiger partial charge on any atom is 0.0652 e. The van der Waals surface area contributed by atoms with Crippen LogP contribution in [0.5, 0.6) is 0 Å². The molecule has 0 spiro atoms. The average Bonchev–Trinajstić information content (AvgIpc) is 2.93. The zero-order chi connectivity index (χ0) is 25.6. The first-order valence-electron chi connectivity index (χ1n) is 12.6. The van der Waals surface area contributed by atoms with Gasteiger partial charge in [0.05, 0.1) is 17.6 Å². The molecule has 0 unspecified atom stereocenters. The van der Waals surface area contributed by atoms with Gasteiger partial charge < -0.3 is 4.90 Å². The van der Waals surface area contributed by atoms with Gasteiger partial charge in [-0.05, 0) is 92.6 Å². The summed E-state index contributed by atoms with van der Waals surface area (Å²) in [5.41, 5.74) is 10.1. The second-order valence-electron chi connectivity index (χ2n) is 9.27. The molecule has 0 aliphatic rings. The Balaban J connectivity index is 1.50. The molecule has 3 heteroatoms. The van der Waals surface area contributed by atoms with Gasteiger partial charge in [0.15, 0.2) is 0 Å². The van der Waals surface area contributed by atoms with Gasteiger partial charge in [0.2, 0.25) is 0 Å². The van der Waals surface area contributed by atoms with E-state index in [9.17, 15) is 0 Å². The van der Waals surface area contributed by atoms with Crippen molar-refractivity contribution in [3.63, 3.8) is 0 Å². The van der Waals surface area contributed by atoms with Gasteiger partial charge in [-0.3, -0.25) is 0 Å². The van der Waals surface area contributed by atoms with Gasteiger partial charge in [-0.15, -0.1) is 0 Å². The van der Waals surface area contributed by atoms with E-state index in [4.69, 9.17) is 5.10 Å². The summed E-state index contributed by atoms with van der Waals surface area (Å²) in [6.07, 6.45) is 1.95. The number of hydrogen-bond acceptors (Lipinski definition) is 3. The third-order valence-corrected chi connectivity index (χ3v) is 6.41. The van der Waals surface area contributed by atoms with Crippen LogP contribution in [-0.2, 0) is 0 Å². The molecule has 0 N–H and O–H groups in total. The van der Waals surface area contributed by atoms with Gasteiger partial charge >= 0.3 is 0 Å². The SMILES string of the molecule is Cc1ccc(N(c2ccc(C)cc2)c2ccc(/C=N/N(c3ccccc3)c3ccccc3)c(C)c2)cc1. The highest BCUT2D eigenvalue weighted by Crippen LogP contribution is 2.35. The van der Waals surface area contributed by atoms with Gasteiger partial charge in [0, 0.05) is 17.1 Å². The monoisotopic (exact) mass is 481 g/mol. The smallest absolute Gasteiger partial charge is 0.0652 e. The first-order chi connectivity index (χ1) is 18.1. The second kappa shape index (κ2) is 11.0. The molecule has 0 saturated carbocycles. The Morgan fingerprint density at radius 1 is 0.486 bits per heavy atom. The normalized spacial score (nSPS) is 11.0. The first-order valence-corrected chi connectivity index (χ1v) is 12.6. The van der Waals surface area contributed by atoms with Gasteiger partial charge in [-0.2, -0.15) is 5.10 Å². The van der Waals surface area contributed by atoms with E-state index in [1.54, 1.807) is 0 Å². The lowest BCUT2D eigenvalue weighted by atomic mass is 10.1. The van der Waals surface area contributed by atoms with Crippen molar-refractivity contribution < 1.29 is 0 Å². The van der Waals surface area contributed by atoms with Gasteiger partial charge in [0.25, 0.3) is 0 Å². The van der Waals surface area contributed by atoms with E-state index in [-0.39, 0.29) is 0 Å². The number of aryl methyl sites for hydroxylation is 3. The fourth-order valence-electron chi connectivity index (χ4n) is 4.32. The molecule has 5 aromatic carbocycles. The van der Waals surface area contributed by atoms with Crippen molar-refractivity contribution >= 4 is 34.7 Å². The van der Waals surface area contributed by atoms with Crippen molar-refractivity contribution in [2.75, 3.05) is 9.91 Å². The molecule has 0 aliphatic heterocycles. The third kappa shape index (κ3) is 5.62. The molecular weight excluding hydrogens is 450 g/mol. The standard InChI is InChI=1S/C34H31N3/c1-26-14-19-30(20-15-26)36(31-21-16-27(2)17-22-31)34-23-18-29(28(3)24-34)25-35-37(32-10-6-4-7-11-32)33-12-8-5-9-13-33/h4-25H,1-3H3/b35-25+. The predicted molar refractivity (Wildman–Crippen MR) is 158 cm³/mol. The van der Waals surface area contributed by atoms with Crippen molar-refractivity contribution in [1.82, 2.24) is 0 Å². The van der Waals surface area contributed by atoms with Crippen molar-refractivity contribution in [1.29, 1.82) is 0 Å². The maximum atomic E-state index is 4.90. The molecule has 0 heterocycles. The van der Waals surface area contributed by atoms with E-state index >= 15 is 0 Å². The predicted octanol–water partition coefficient (Wildman–Crippen LogP) is 9.25. The topological polar surface area (TPSA) is 18.8 Å². The van der Waals surface area contributed by atoms with Crippen molar-refractivity contribution in [3.8, 4) is 0 Å². The van der Waals surface area contributed by atoms with E-state index in [0.29, 0.717) is 0 Å². The van der Waals surface area contributed by atoms with Gasteiger partial charge in [0.1, 0.15) is 0 Å². The maximum absolute atomic E-state index is 4.90. The Labute approximate surface area is 220 Å². The van der Waals surface area contributed by atoms with Crippen LogP contribution >= 0.6 is 0 Å². The van der Waals surface area contributed by atoms with Gasteiger partial charge in [-0.25, -0.2) is 5.01 Å². The number of hydrogen-bond donors (Lipinski definition) is 0. The van der Waals surface area contributed by atoms with E-state index in [0.717, 1.165) is 39.6 Å². The number of benzene rings is 5. The number of nitrogens with zero attached hydrogens (tertiary/aromatic N) is 3. The van der Waals surface area contributed by atoms with Crippen LogP contribution in [0.15, 0.2) is 132 Å². The fraction of sp³-hybridized carbons (Fsp3) is 0.0882. The lowest BCUT2D eigenvalue weighted by Gasteiger charge is -2.26. The zero-order valence-corrected chi connectivity index (χ0v) is 21.5. The molecule has 37 heavy (non-hydrogen) atoms. The summed E-state index contributed by atoms with van der Waals surface area (Å²) in [5, 5.41) is 6.87. The van der Waals surface area contributed by atoms with Crippen LogP contribution in [0.1, 0.15) is 22.3 Å². The van der Waals surface area contributed by atoms with Crippen molar-refractivity contribution in [2.24, 2.45) is 5.10 Å². The van der Waals surface area contributed by atoms with E-state index in [1.165, 1.54) is 11.1 Å². The van der Waals surface area contributed by atoms with Crippen LogP contribution in [0, 0.1) is 20.8 Å². The summed E-state index contributed by atoms with van der Waals surface area (Å²) in [6, 6.07) is 44.4. The summed E-state index contributed by atoms with van der Waals surface area (Å²) in [7, 11) is 0. The molecule has 0 radical (unpaired) electrons. The third-order valence-electron chi connectivity index (χ3n) is 6.41. The van der Waals surface area contributed by atoms with E-state index < -0.39 is 0 Å². The van der Waals surface area contributed by atoms with Crippen LogP contribution < -0.4 is 9.91 Å². The Kier molecular flexibility index (Phi) is 7.14. The minimum Gasteiger partial charge on any atom is -0.310 e. The minimum absolute atomic E-state index is 1.02. The molecule has 5 aromatic rings. The molecule has 0 fully saturated rings. The van der Waals surface area contributed by atoms with Crippen LogP contribution in [0.4, 0.5) is 28.4 Å². The van der Waals surface area contributed by atoms with Crippen LogP contribution in [0.25, 0.3) is 0 Å². The van der Waals surface area contributed by atoms with Crippen LogP contribution in [0.2, 0.25) is 0 Å². The molecule has 0 atom stereocenters. The molecular formula is C34H31N3. The van der Waals surface area contributed by atoms with E-state index in [2.05, 4.69) is 117 Å². The average molecular weight is 482 g/mol. The largest absolute Gasteiger partial charge is 0.310 e. The molecule has 0 saturated heterocycles. The molecule has 0 bridgehead atoms. The number of anilines is 5. The molecule has 5 rings (SSSR count). The van der Waals surface area contributed by atoms with Crippen LogP contribution in [0.3, 0.4) is 0 Å². The fourth-order valence-corrected chi connectivity index (χ4v) is 4.32. The second-order valence-corrected chi connectivity index (χ2v) is 9.27. The summed E-state index contributed by atoms with van der Waals surface area (Å²) in [6.45, 7) is 6.38. The van der Waals surface area contributed by atoms with Crippen molar-refractivity contribution in [3.05, 3.63) is 150 Å². The lowest BCUT2D eigenvalue weighted by Crippen LogP contribution is -2.11. The molecule has 0 amide bonds. The number of para-hydroxylation sites is 2. The Hall–Kier alpha value is -4.63. The van der Waals surface area contributed by atoms with Crippen LogP contribution in [-0.4, -0.2) is 6.21 Å². The molecule has 182 valence electrons. The highest BCUT2D eigenvalue weighted by Gasteiger charge is 2.14. The Bertz CT molecular complexity index is 1390. The summed E-state index contributed by atoms with van der Waals surface area (Å²) in [5.74, 6) is 0. The summed E-state index contributed by atoms with van der Waals surface area (Å²) < 4.78 is 0. The molecule has 0 aromatic heterocycles. The quantitative estimate of drug-likeness (QED) is 0.170. The molecule has 3 nitrogen and oxygen atoms in total. The first kappa shape index (κ1) is 24.1. The highest BCUT2D eigenvalue weighted by molar-refractivity contribution is 5.86. The highest BCUT2D eigenvalue weighted by atomic mass is 15.5. The van der Waals surface area contributed by atoms with Gasteiger partial charge in [-0.1, -0.05) is 77.9 Å². The summed E-state index contributed by atoms with van der Waals surface area (Å²) >= 11 is 0. The van der Waals surface area contributed by atoms with E-state index in [1.807, 2.05) is 47.6 Å². The zero-order valence-electron chi connectivity index (χ0n) is 21.5. The minimum atomic E-state index is 1.02. The number of rotatable bonds is 7.